The third-order valence-corrected chi connectivity index (χ3v) is 1.03. The second kappa shape index (κ2) is 1.81. The van der Waals surface area contributed by atoms with Gasteiger partial charge in [-0.2, -0.15) is 0 Å². The van der Waals surface area contributed by atoms with Crippen molar-refractivity contribution < 1.29 is 5.03 Å². The molecule has 0 fully saturated rings. The van der Waals surface area contributed by atoms with E-state index in [1.807, 2.05) is 0 Å². The van der Waals surface area contributed by atoms with Gasteiger partial charge < -0.3 is 0 Å². The smallest absolute Gasteiger partial charge is 0.160 e. The summed E-state index contributed by atoms with van der Waals surface area (Å²) in [6, 6.07) is 0. The molecule has 1 aliphatic heterocycles. The Labute approximate surface area is 46.5 Å². The molecule has 0 aromatic heterocycles. The largest absolute Gasteiger partial charge is 0.235 e. The van der Waals surface area contributed by atoms with Gasteiger partial charge in [0.05, 0.1) is 13.1 Å². The Morgan fingerprint density at radius 1 is 1.50 bits per heavy atom. The van der Waals surface area contributed by atoms with E-state index in [2.05, 4.69) is 0 Å². The Morgan fingerprint density at radius 3 is 2.25 bits per heavy atom. The maximum Gasteiger partial charge on any atom is 0.160 e. The van der Waals surface area contributed by atoms with Gasteiger partial charge in [-0.1, -0.05) is 12.2 Å². The highest BCUT2D eigenvalue weighted by atomic mass is 16.7. The second-order valence-electron chi connectivity index (χ2n) is 1.58. The Morgan fingerprint density at radius 2 is 2.00 bits per heavy atom. The maximum atomic E-state index is 9.89. The fourth-order valence-electron chi connectivity index (χ4n) is 0.600. The van der Waals surface area contributed by atoms with Crippen LogP contribution in [0.1, 0.15) is 0 Å². The van der Waals surface area contributed by atoms with Gasteiger partial charge in [-0.05, 0) is 0 Å². The quantitative estimate of drug-likeness (QED) is 0.275. The van der Waals surface area contributed by atoms with Gasteiger partial charge in [-0.25, -0.2) is 10.1 Å². The minimum Gasteiger partial charge on any atom is -0.235 e. The minimum atomic E-state index is -0.389. The molecule has 0 radical (unpaired) electrons. The molecule has 1 aliphatic rings. The molecule has 0 spiro atoms. The van der Waals surface area contributed by atoms with Gasteiger partial charge in [0.1, 0.15) is 0 Å². The molecule has 4 heteroatoms. The zero-order valence-corrected chi connectivity index (χ0v) is 4.28. The SMILES string of the molecule is O=[N+]([O-])N1CC=CC1. The Kier molecular flexibility index (Phi) is 1.15. The second-order valence-corrected chi connectivity index (χ2v) is 1.58. The van der Waals surface area contributed by atoms with Crippen molar-refractivity contribution in [3.63, 3.8) is 0 Å². The van der Waals surface area contributed by atoms with E-state index >= 15 is 0 Å². The lowest BCUT2D eigenvalue weighted by Gasteiger charge is -2.02. The highest BCUT2D eigenvalue weighted by molar-refractivity contribution is 4.91. The molecule has 1 heterocycles. The topological polar surface area (TPSA) is 46.4 Å². The number of nitro groups is 1. The molecule has 0 saturated carbocycles. The molecule has 0 aromatic rings. The number of hydrogen-bond acceptors (Lipinski definition) is 2. The van der Waals surface area contributed by atoms with E-state index in [1.54, 1.807) is 12.2 Å². The Balaban J connectivity index is 2.41. The van der Waals surface area contributed by atoms with E-state index in [1.165, 1.54) is 0 Å². The molecule has 0 saturated heterocycles. The van der Waals surface area contributed by atoms with E-state index in [4.69, 9.17) is 0 Å². The fraction of sp³-hybridized carbons (Fsp3) is 0.500. The third-order valence-electron chi connectivity index (χ3n) is 1.03. The molecule has 0 N–H and O–H groups in total. The highest BCUT2D eigenvalue weighted by Crippen LogP contribution is 1.96. The van der Waals surface area contributed by atoms with Gasteiger partial charge in [0.25, 0.3) is 0 Å². The van der Waals surface area contributed by atoms with Crippen LogP contribution in [0.2, 0.25) is 0 Å². The molecule has 4 nitrogen and oxygen atoms in total. The number of hydrogen-bond donors (Lipinski definition) is 0. The summed E-state index contributed by atoms with van der Waals surface area (Å²) in [6.45, 7) is 0.903. The van der Waals surface area contributed by atoms with Crippen LogP contribution in [0.3, 0.4) is 0 Å². The van der Waals surface area contributed by atoms with Crippen LogP contribution in [0.5, 0.6) is 0 Å². The van der Waals surface area contributed by atoms with Crippen molar-refractivity contribution in [2.75, 3.05) is 13.1 Å². The summed E-state index contributed by atoms with van der Waals surface area (Å²) in [5, 5.41) is 10.6. The van der Waals surface area contributed by atoms with Crippen LogP contribution < -0.4 is 0 Å². The lowest BCUT2D eigenvalue weighted by atomic mass is 10.6. The normalized spacial score (nSPS) is 17.2. The molecule has 0 amide bonds. The Hall–Kier alpha value is -1.06. The molecule has 1 rings (SSSR count). The Bertz CT molecular complexity index is 124. The fourth-order valence-corrected chi connectivity index (χ4v) is 0.600. The molecule has 8 heavy (non-hydrogen) atoms. The first-order valence-electron chi connectivity index (χ1n) is 2.35. The zero-order chi connectivity index (χ0) is 5.98. The maximum absolute atomic E-state index is 9.89. The first-order valence-corrected chi connectivity index (χ1v) is 2.35. The summed E-state index contributed by atoms with van der Waals surface area (Å²) in [5.41, 5.74) is 0. The van der Waals surface area contributed by atoms with Crippen molar-refractivity contribution in [3.8, 4) is 0 Å². The van der Waals surface area contributed by atoms with Crippen molar-refractivity contribution in [2.45, 2.75) is 0 Å². The van der Waals surface area contributed by atoms with E-state index in [-0.39, 0.29) is 5.03 Å². The van der Waals surface area contributed by atoms with Crippen molar-refractivity contribution in [1.29, 1.82) is 0 Å². The zero-order valence-electron chi connectivity index (χ0n) is 4.28. The summed E-state index contributed by atoms with van der Waals surface area (Å²) in [6.07, 6.45) is 3.56. The van der Waals surface area contributed by atoms with Crippen LogP contribution in [0, 0.1) is 10.1 Å². The number of nitrogens with zero attached hydrogens (tertiary/aromatic N) is 2. The van der Waals surface area contributed by atoms with Crippen LogP contribution in [-0.2, 0) is 0 Å². The van der Waals surface area contributed by atoms with Crippen molar-refractivity contribution in [3.05, 3.63) is 22.3 Å². The van der Waals surface area contributed by atoms with E-state index in [9.17, 15) is 10.1 Å². The summed E-state index contributed by atoms with van der Waals surface area (Å²) >= 11 is 0. The van der Waals surface area contributed by atoms with Crippen LogP contribution in [-0.4, -0.2) is 23.1 Å². The van der Waals surface area contributed by atoms with E-state index in [0.29, 0.717) is 13.1 Å². The standard InChI is InChI=1S/C4H6N2O2/c7-6(8)5-3-1-2-4-5/h1-2H,3-4H2. The van der Waals surface area contributed by atoms with Crippen LogP contribution in [0.25, 0.3) is 0 Å². The number of hydrazine groups is 1. The first kappa shape index (κ1) is 5.08. The predicted octanol–water partition coefficient (Wildman–Crippen LogP) is 0.0499. The van der Waals surface area contributed by atoms with Gasteiger partial charge in [0.2, 0.25) is 0 Å². The molecule has 44 valence electrons. The molecule has 0 unspecified atom stereocenters. The van der Waals surface area contributed by atoms with Crippen molar-refractivity contribution in [1.82, 2.24) is 5.01 Å². The van der Waals surface area contributed by atoms with E-state index < -0.39 is 0 Å². The van der Waals surface area contributed by atoms with Crippen molar-refractivity contribution in [2.24, 2.45) is 0 Å². The summed E-state index contributed by atoms with van der Waals surface area (Å²) < 4.78 is 0. The third kappa shape index (κ3) is 0.776. The lowest BCUT2D eigenvalue weighted by molar-refractivity contribution is -0.649. The van der Waals surface area contributed by atoms with Gasteiger partial charge in [-0.3, -0.25) is 0 Å². The van der Waals surface area contributed by atoms with Gasteiger partial charge >= 0.3 is 0 Å². The van der Waals surface area contributed by atoms with Gasteiger partial charge in [0.15, 0.2) is 5.03 Å². The summed E-state index contributed by atoms with van der Waals surface area (Å²) in [5.74, 6) is 0. The minimum absolute atomic E-state index is 0.389. The molecule has 0 bridgehead atoms. The van der Waals surface area contributed by atoms with Gasteiger partial charge in [0, 0.05) is 0 Å². The molecular formula is C4H6N2O2. The van der Waals surface area contributed by atoms with E-state index in [0.717, 1.165) is 5.01 Å². The predicted molar refractivity (Wildman–Crippen MR) is 27.7 cm³/mol. The average Bonchev–Trinajstić information content (AvgIpc) is 2.12. The highest BCUT2D eigenvalue weighted by Gasteiger charge is 2.12. The molecule has 0 aliphatic carbocycles. The summed E-state index contributed by atoms with van der Waals surface area (Å²) in [4.78, 5) is 9.89. The molecule has 0 aromatic carbocycles. The van der Waals surface area contributed by atoms with Crippen molar-refractivity contribution >= 4 is 0 Å². The molecular weight excluding hydrogens is 108 g/mol. The van der Waals surface area contributed by atoms with Crippen LogP contribution in [0.4, 0.5) is 0 Å². The monoisotopic (exact) mass is 114 g/mol. The van der Waals surface area contributed by atoms with Crippen LogP contribution >= 0.6 is 0 Å². The lowest BCUT2D eigenvalue weighted by Crippen LogP contribution is -2.26. The van der Waals surface area contributed by atoms with Crippen LogP contribution in [0.15, 0.2) is 12.2 Å². The summed E-state index contributed by atoms with van der Waals surface area (Å²) in [7, 11) is 0. The average molecular weight is 114 g/mol. The first-order chi connectivity index (χ1) is 3.80. The molecule has 0 atom stereocenters. The van der Waals surface area contributed by atoms with Gasteiger partial charge in [-0.15, -0.1) is 5.01 Å². The number of rotatable bonds is 1.